The minimum absolute atomic E-state index is 0.760. The lowest BCUT2D eigenvalue weighted by Crippen LogP contribution is -1.82. The molecule has 82 valence electrons. The van der Waals surface area contributed by atoms with Crippen molar-refractivity contribution in [2.75, 3.05) is 0 Å². The van der Waals surface area contributed by atoms with Gasteiger partial charge < -0.3 is 0 Å². The van der Waals surface area contributed by atoms with E-state index in [4.69, 9.17) is 0 Å². The van der Waals surface area contributed by atoms with Gasteiger partial charge in [0.2, 0.25) is 0 Å². The monoisotopic (exact) mass is 239 g/mol. The molecule has 3 nitrogen and oxygen atoms in total. The topological polar surface area (TPSA) is 38.7 Å². The van der Waals surface area contributed by atoms with Crippen LogP contribution in [0.3, 0.4) is 0 Å². The van der Waals surface area contributed by atoms with Crippen molar-refractivity contribution >= 4 is 11.5 Å². The molecule has 3 rings (SSSR count). The molecule has 0 amide bonds. The van der Waals surface area contributed by atoms with Crippen LogP contribution in [-0.2, 0) is 0 Å². The van der Waals surface area contributed by atoms with Gasteiger partial charge in [-0.15, -0.1) is 0 Å². The van der Waals surface area contributed by atoms with Gasteiger partial charge in [-0.2, -0.15) is 4.37 Å². The summed E-state index contributed by atoms with van der Waals surface area (Å²) in [5.41, 5.74) is 1.90. The predicted molar refractivity (Wildman–Crippen MR) is 68.6 cm³/mol. The molecule has 0 fully saturated rings. The van der Waals surface area contributed by atoms with E-state index in [1.54, 1.807) is 6.20 Å². The first kappa shape index (κ1) is 10.1. The first-order valence-electron chi connectivity index (χ1n) is 5.24. The number of benzene rings is 1. The summed E-state index contributed by atoms with van der Waals surface area (Å²) in [6.45, 7) is 0. The van der Waals surface area contributed by atoms with Crippen LogP contribution in [0.15, 0.2) is 54.7 Å². The summed E-state index contributed by atoms with van der Waals surface area (Å²) in [7, 11) is 0. The summed E-state index contributed by atoms with van der Waals surface area (Å²) >= 11 is 1.37. The van der Waals surface area contributed by atoms with E-state index in [-0.39, 0.29) is 0 Å². The van der Waals surface area contributed by atoms with E-state index >= 15 is 0 Å². The van der Waals surface area contributed by atoms with Crippen LogP contribution >= 0.6 is 11.5 Å². The Kier molecular flexibility index (Phi) is 2.63. The molecular formula is C13H9N3S. The zero-order valence-corrected chi connectivity index (χ0v) is 9.76. The third-order valence-electron chi connectivity index (χ3n) is 2.34. The van der Waals surface area contributed by atoms with Crippen molar-refractivity contribution in [1.29, 1.82) is 0 Å². The second-order valence-corrected chi connectivity index (χ2v) is 4.26. The van der Waals surface area contributed by atoms with E-state index < -0.39 is 0 Å². The summed E-state index contributed by atoms with van der Waals surface area (Å²) in [5.74, 6) is 0.760. The van der Waals surface area contributed by atoms with Crippen LogP contribution in [0.2, 0.25) is 0 Å². The molecule has 2 heterocycles. The lowest BCUT2D eigenvalue weighted by atomic mass is 10.2. The first-order valence-corrected chi connectivity index (χ1v) is 6.01. The molecule has 4 heteroatoms. The van der Waals surface area contributed by atoms with Crippen molar-refractivity contribution in [2.24, 2.45) is 0 Å². The highest BCUT2D eigenvalue weighted by atomic mass is 32.1. The van der Waals surface area contributed by atoms with Crippen LogP contribution in [0.25, 0.3) is 22.1 Å². The minimum Gasteiger partial charge on any atom is -0.254 e. The van der Waals surface area contributed by atoms with E-state index in [1.165, 1.54) is 11.5 Å². The maximum Gasteiger partial charge on any atom is 0.173 e. The van der Waals surface area contributed by atoms with Crippen LogP contribution in [0, 0.1) is 0 Å². The number of hydrogen-bond donors (Lipinski definition) is 0. The molecule has 1 aromatic carbocycles. The average Bonchev–Trinajstić information content (AvgIpc) is 2.90. The number of nitrogens with zero attached hydrogens (tertiary/aromatic N) is 3. The Hall–Kier alpha value is -2.07. The van der Waals surface area contributed by atoms with Crippen molar-refractivity contribution in [3.8, 4) is 22.1 Å². The Morgan fingerprint density at radius 2 is 1.71 bits per heavy atom. The van der Waals surface area contributed by atoms with Crippen molar-refractivity contribution in [1.82, 2.24) is 14.3 Å². The van der Waals surface area contributed by atoms with E-state index in [0.29, 0.717) is 0 Å². The number of pyridine rings is 1. The van der Waals surface area contributed by atoms with Crippen LogP contribution in [-0.4, -0.2) is 14.3 Å². The van der Waals surface area contributed by atoms with Gasteiger partial charge in [0, 0.05) is 11.8 Å². The van der Waals surface area contributed by atoms with Gasteiger partial charge in [-0.25, -0.2) is 4.98 Å². The third-order valence-corrected chi connectivity index (χ3v) is 3.08. The molecule has 0 aliphatic heterocycles. The first-order chi connectivity index (χ1) is 8.43. The second kappa shape index (κ2) is 4.43. The SMILES string of the molecule is c1ccc(-c2nsc(-c3ccccn3)n2)cc1. The Bertz CT molecular complexity index is 551. The van der Waals surface area contributed by atoms with Gasteiger partial charge >= 0.3 is 0 Å². The van der Waals surface area contributed by atoms with Crippen molar-refractivity contribution in [2.45, 2.75) is 0 Å². The zero-order valence-electron chi connectivity index (χ0n) is 8.95. The second-order valence-electron chi connectivity index (χ2n) is 3.50. The molecule has 0 aliphatic carbocycles. The maximum atomic E-state index is 4.50. The Balaban J connectivity index is 1.99. The normalized spacial score (nSPS) is 10.4. The van der Waals surface area contributed by atoms with E-state index in [1.807, 2.05) is 48.5 Å². The minimum atomic E-state index is 0.760. The zero-order chi connectivity index (χ0) is 11.5. The summed E-state index contributed by atoms with van der Waals surface area (Å²) in [6.07, 6.45) is 1.76. The van der Waals surface area contributed by atoms with Crippen molar-refractivity contribution in [3.63, 3.8) is 0 Å². The van der Waals surface area contributed by atoms with Gasteiger partial charge in [0.05, 0.1) is 0 Å². The molecular weight excluding hydrogens is 230 g/mol. The van der Waals surface area contributed by atoms with E-state index in [2.05, 4.69) is 14.3 Å². The lowest BCUT2D eigenvalue weighted by Gasteiger charge is -1.93. The summed E-state index contributed by atoms with van der Waals surface area (Å²) in [4.78, 5) is 8.76. The highest BCUT2D eigenvalue weighted by Crippen LogP contribution is 2.23. The smallest absolute Gasteiger partial charge is 0.173 e. The highest BCUT2D eigenvalue weighted by Gasteiger charge is 2.08. The lowest BCUT2D eigenvalue weighted by molar-refractivity contribution is 1.27. The fourth-order valence-corrected chi connectivity index (χ4v) is 2.18. The van der Waals surface area contributed by atoms with Crippen molar-refractivity contribution < 1.29 is 0 Å². The van der Waals surface area contributed by atoms with Gasteiger partial charge in [-0.3, -0.25) is 4.98 Å². The molecule has 0 atom stereocenters. The van der Waals surface area contributed by atoms with E-state index in [9.17, 15) is 0 Å². The third kappa shape index (κ3) is 2.07. The molecule has 0 N–H and O–H groups in total. The molecule has 0 aliphatic rings. The molecule has 2 aromatic heterocycles. The molecule has 0 spiro atoms. The summed E-state index contributed by atoms with van der Waals surface area (Å²) in [5, 5.41) is 0.851. The highest BCUT2D eigenvalue weighted by molar-refractivity contribution is 7.09. The quantitative estimate of drug-likeness (QED) is 0.689. The van der Waals surface area contributed by atoms with Gasteiger partial charge in [0.1, 0.15) is 5.69 Å². The Labute approximate surface area is 103 Å². The summed E-state index contributed by atoms with van der Waals surface area (Å²) in [6, 6.07) is 15.7. The Morgan fingerprint density at radius 1 is 0.882 bits per heavy atom. The fourth-order valence-electron chi connectivity index (χ4n) is 1.52. The van der Waals surface area contributed by atoms with Gasteiger partial charge in [0.25, 0.3) is 0 Å². The van der Waals surface area contributed by atoms with E-state index in [0.717, 1.165) is 22.1 Å². The average molecular weight is 239 g/mol. The van der Waals surface area contributed by atoms with Crippen molar-refractivity contribution in [3.05, 3.63) is 54.7 Å². The van der Waals surface area contributed by atoms with Crippen LogP contribution in [0.5, 0.6) is 0 Å². The summed E-state index contributed by atoms with van der Waals surface area (Å²) < 4.78 is 4.35. The molecule has 0 saturated heterocycles. The maximum absolute atomic E-state index is 4.50. The van der Waals surface area contributed by atoms with Crippen LogP contribution < -0.4 is 0 Å². The molecule has 0 saturated carbocycles. The molecule has 0 radical (unpaired) electrons. The fraction of sp³-hybridized carbons (Fsp3) is 0. The van der Waals surface area contributed by atoms with Crippen LogP contribution in [0.1, 0.15) is 0 Å². The largest absolute Gasteiger partial charge is 0.254 e. The Morgan fingerprint density at radius 3 is 2.47 bits per heavy atom. The molecule has 0 bridgehead atoms. The molecule has 17 heavy (non-hydrogen) atoms. The number of aromatic nitrogens is 3. The number of rotatable bonds is 2. The van der Waals surface area contributed by atoms with Crippen LogP contribution in [0.4, 0.5) is 0 Å². The van der Waals surface area contributed by atoms with Gasteiger partial charge in [0.15, 0.2) is 10.8 Å². The standard InChI is InChI=1S/C13H9N3S/c1-2-6-10(7-3-1)12-15-13(17-16-12)11-8-4-5-9-14-11/h1-9H. The molecule has 3 aromatic rings. The predicted octanol–water partition coefficient (Wildman–Crippen LogP) is 3.27. The number of hydrogen-bond acceptors (Lipinski definition) is 4. The molecule has 0 unspecified atom stereocenters. The van der Waals surface area contributed by atoms with Gasteiger partial charge in [-0.1, -0.05) is 36.4 Å². The van der Waals surface area contributed by atoms with Gasteiger partial charge in [-0.05, 0) is 23.7 Å².